The molecule has 0 aromatic heterocycles. The summed E-state index contributed by atoms with van der Waals surface area (Å²) in [7, 11) is 0. The molecule has 80 valence electrons. The largest absolute Gasteiger partial charge is 0.354 e. The Hall–Kier alpha value is -0.640. The molecule has 3 atom stereocenters. The second kappa shape index (κ2) is 3.50. The molecule has 0 bridgehead atoms. The molecule has 1 heterocycles. The van der Waals surface area contributed by atoms with Crippen LogP contribution in [0.5, 0.6) is 0 Å². The van der Waals surface area contributed by atoms with Gasteiger partial charge in [0.2, 0.25) is 5.91 Å². The number of carbonyl (C=O) groups is 1. The van der Waals surface area contributed by atoms with Crippen LogP contribution in [0.2, 0.25) is 0 Å². The molecule has 1 saturated carbocycles. The van der Waals surface area contributed by atoms with Crippen LogP contribution in [0, 0.1) is 5.41 Å². The Morgan fingerprint density at radius 1 is 1.71 bits per heavy atom. The SMILES string of the molecule is CC1(C(=O)NCC2CCCN2)CC1F. The minimum absolute atomic E-state index is 0.126. The van der Waals surface area contributed by atoms with Gasteiger partial charge >= 0.3 is 0 Å². The van der Waals surface area contributed by atoms with E-state index in [-0.39, 0.29) is 5.91 Å². The molecule has 2 N–H and O–H groups in total. The summed E-state index contributed by atoms with van der Waals surface area (Å²) >= 11 is 0. The first kappa shape index (κ1) is 9.90. The lowest BCUT2D eigenvalue weighted by Crippen LogP contribution is -2.40. The number of amides is 1. The number of carbonyl (C=O) groups excluding carboxylic acids is 1. The molecule has 2 rings (SSSR count). The van der Waals surface area contributed by atoms with Gasteiger partial charge in [-0.25, -0.2) is 4.39 Å². The third-order valence-electron chi connectivity index (χ3n) is 3.32. The molecule has 3 unspecified atom stereocenters. The fraction of sp³-hybridized carbons (Fsp3) is 0.900. The van der Waals surface area contributed by atoms with Crippen molar-refractivity contribution in [1.29, 1.82) is 0 Å². The van der Waals surface area contributed by atoms with Crippen molar-refractivity contribution in [2.24, 2.45) is 5.41 Å². The highest BCUT2D eigenvalue weighted by Crippen LogP contribution is 2.48. The molecule has 14 heavy (non-hydrogen) atoms. The number of nitrogens with one attached hydrogen (secondary N) is 2. The van der Waals surface area contributed by atoms with E-state index in [2.05, 4.69) is 10.6 Å². The molecule has 1 amide bonds. The zero-order valence-electron chi connectivity index (χ0n) is 8.48. The molecule has 1 saturated heterocycles. The highest BCUT2D eigenvalue weighted by atomic mass is 19.1. The third-order valence-corrected chi connectivity index (χ3v) is 3.32. The van der Waals surface area contributed by atoms with E-state index in [0.29, 0.717) is 19.0 Å². The second-order valence-corrected chi connectivity index (χ2v) is 4.59. The van der Waals surface area contributed by atoms with E-state index in [1.54, 1.807) is 6.92 Å². The van der Waals surface area contributed by atoms with Crippen LogP contribution >= 0.6 is 0 Å². The summed E-state index contributed by atoms with van der Waals surface area (Å²) in [6, 6.07) is 0.388. The van der Waals surface area contributed by atoms with E-state index in [4.69, 9.17) is 0 Å². The van der Waals surface area contributed by atoms with Crippen molar-refractivity contribution in [3.8, 4) is 0 Å². The highest BCUT2D eigenvalue weighted by molar-refractivity contribution is 5.86. The van der Waals surface area contributed by atoms with Crippen LogP contribution in [0.4, 0.5) is 4.39 Å². The third kappa shape index (κ3) is 1.75. The highest BCUT2D eigenvalue weighted by Gasteiger charge is 2.57. The minimum Gasteiger partial charge on any atom is -0.354 e. The van der Waals surface area contributed by atoms with Crippen molar-refractivity contribution in [1.82, 2.24) is 10.6 Å². The molecule has 0 spiro atoms. The molecule has 0 aromatic carbocycles. The smallest absolute Gasteiger partial charge is 0.229 e. The van der Waals surface area contributed by atoms with Gasteiger partial charge in [-0.15, -0.1) is 0 Å². The molecular weight excluding hydrogens is 183 g/mol. The number of rotatable bonds is 3. The Labute approximate surface area is 83.4 Å². The summed E-state index contributed by atoms with van der Waals surface area (Å²) in [4.78, 5) is 11.5. The lowest BCUT2D eigenvalue weighted by Gasteiger charge is -2.14. The van der Waals surface area contributed by atoms with Crippen LogP contribution in [0.25, 0.3) is 0 Å². The Balaban J connectivity index is 1.73. The number of hydrogen-bond acceptors (Lipinski definition) is 2. The molecule has 2 aliphatic rings. The number of halogens is 1. The predicted octanol–water partition coefficient (Wildman–Crippen LogP) is 0.603. The summed E-state index contributed by atoms with van der Waals surface area (Å²) < 4.78 is 12.8. The van der Waals surface area contributed by atoms with Crippen LogP contribution in [0.15, 0.2) is 0 Å². The predicted molar refractivity (Wildman–Crippen MR) is 51.7 cm³/mol. The van der Waals surface area contributed by atoms with Gasteiger partial charge in [-0.3, -0.25) is 4.79 Å². The van der Waals surface area contributed by atoms with Gasteiger partial charge in [-0.2, -0.15) is 0 Å². The maximum atomic E-state index is 12.8. The topological polar surface area (TPSA) is 41.1 Å². The Kier molecular flexibility index (Phi) is 2.47. The average molecular weight is 200 g/mol. The first-order valence-electron chi connectivity index (χ1n) is 5.29. The van der Waals surface area contributed by atoms with Gasteiger partial charge in [-0.05, 0) is 32.7 Å². The maximum absolute atomic E-state index is 12.8. The van der Waals surface area contributed by atoms with Crippen molar-refractivity contribution >= 4 is 5.91 Å². The van der Waals surface area contributed by atoms with Gasteiger partial charge in [-0.1, -0.05) is 0 Å². The number of alkyl halides is 1. The van der Waals surface area contributed by atoms with Crippen molar-refractivity contribution in [2.45, 2.75) is 38.4 Å². The van der Waals surface area contributed by atoms with Gasteiger partial charge in [0, 0.05) is 12.6 Å². The zero-order valence-corrected chi connectivity index (χ0v) is 8.48. The Bertz CT molecular complexity index is 240. The summed E-state index contributed by atoms with van der Waals surface area (Å²) in [6.07, 6.45) is 1.73. The van der Waals surface area contributed by atoms with Crippen LogP contribution < -0.4 is 10.6 Å². The van der Waals surface area contributed by atoms with E-state index in [0.717, 1.165) is 13.0 Å². The zero-order chi connectivity index (χ0) is 10.2. The molecule has 1 aliphatic heterocycles. The molecule has 0 radical (unpaired) electrons. The summed E-state index contributed by atoms with van der Waals surface area (Å²) in [6.45, 7) is 3.36. The second-order valence-electron chi connectivity index (χ2n) is 4.59. The molecule has 2 fully saturated rings. The van der Waals surface area contributed by atoms with E-state index >= 15 is 0 Å². The molecule has 3 nitrogen and oxygen atoms in total. The van der Waals surface area contributed by atoms with Gasteiger partial charge in [0.05, 0.1) is 5.41 Å². The number of hydrogen-bond donors (Lipinski definition) is 2. The fourth-order valence-electron chi connectivity index (χ4n) is 1.90. The van der Waals surface area contributed by atoms with Crippen LogP contribution in [0.3, 0.4) is 0 Å². The van der Waals surface area contributed by atoms with Crippen LogP contribution in [-0.2, 0) is 4.79 Å². The van der Waals surface area contributed by atoms with Gasteiger partial charge in [0.15, 0.2) is 0 Å². The normalized spacial score (nSPS) is 41.0. The van der Waals surface area contributed by atoms with E-state index in [1.807, 2.05) is 0 Å². The maximum Gasteiger partial charge on any atom is 0.229 e. The van der Waals surface area contributed by atoms with Crippen LogP contribution in [-0.4, -0.2) is 31.2 Å². The molecule has 0 aromatic rings. The summed E-state index contributed by atoms with van der Waals surface area (Å²) in [5.74, 6) is -0.126. The van der Waals surface area contributed by atoms with E-state index in [9.17, 15) is 9.18 Å². The average Bonchev–Trinajstić information content (AvgIpc) is 2.65. The van der Waals surface area contributed by atoms with Crippen molar-refractivity contribution in [3.63, 3.8) is 0 Å². The molecule has 4 heteroatoms. The standard InChI is InChI=1S/C10H17FN2O/c1-10(5-8(10)11)9(14)13-6-7-3-2-4-12-7/h7-8,12H,2-6H2,1H3,(H,13,14). The fourth-order valence-corrected chi connectivity index (χ4v) is 1.90. The summed E-state index contributed by atoms with van der Waals surface area (Å²) in [5, 5.41) is 6.10. The molecule has 1 aliphatic carbocycles. The van der Waals surface area contributed by atoms with Gasteiger partial charge in [0.25, 0.3) is 0 Å². The Morgan fingerprint density at radius 3 is 2.93 bits per heavy atom. The quantitative estimate of drug-likeness (QED) is 0.700. The van der Waals surface area contributed by atoms with Crippen molar-refractivity contribution < 1.29 is 9.18 Å². The Morgan fingerprint density at radius 2 is 2.43 bits per heavy atom. The van der Waals surface area contributed by atoms with Crippen molar-refractivity contribution in [3.05, 3.63) is 0 Å². The van der Waals surface area contributed by atoms with E-state index < -0.39 is 11.6 Å². The van der Waals surface area contributed by atoms with Gasteiger partial charge in [0.1, 0.15) is 6.17 Å². The van der Waals surface area contributed by atoms with E-state index in [1.165, 1.54) is 6.42 Å². The first-order chi connectivity index (χ1) is 6.63. The van der Waals surface area contributed by atoms with Crippen molar-refractivity contribution in [2.75, 3.05) is 13.1 Å². The first-order valence-corrected chi connectivity index (χ1v) is 5.29. The van der Waals surface area contributed by atoms with Crippen LogP contribution in [0.1, 0.15) is 26.2 Å². The van der Waals surface area contributed by atoms with Gasteiger partial charge < -0.3 is 10.6 Å². The monoisotopic (exact) mass is 200 g/mol. The summed E-state index contributed by atoms with van der Waals surface area (Å²) in [5.41, 5.74) is -0.724. The lowest BCUT2D eigenvalue weighted by molar-refractivity contribution is -0.126. The lowest BCUT2D eigenvalue weighted by atomic mass is 10.1. The molecular formula is C10H17FN2O. The minimum atomic E-state index is -0.931.